The van der Waals surface area contributed by atoms with Crippen molar-refractivity contribution in [2.45, 2.75) is 25.4 Å². The second kappa shape index (κ2) is 7.97. The third-order valence-electron chi connectivity index (χ3n) is 3.41. The van der Waals surface area contributed by atoms with E-state index in [1.165, 1.54) is 6.07 Å². The maximum Gasteiger partial charge on any atom is 0.246 e. The summed E-state index contributed by atoms with van der Waals surface area (Å²) in [6.45, 7) is 2.40. The lowest BCUT2D eigenvalue weighted by molar-refractivity contribution is -0.128. The van der Waals surface area contributed by atoms with E-state index in [2.05, 4.69) is 10.6 Å². The van der Waals surface area contributed by atoms with E-state index in [1.54, 1.807) is 18.2 Å². The zero-order valence-corrected chi connectivity index (χ0v) is 11.5. The Morgan fingerprint density at radius 1 is 1.35 bits per heavy atom. The summed E-state index contributed by atoms with van der Waals surface area (Å²) in [6.07, 6.45) is 2.56. The van der Waals surface area contributed by atoms with Crippen molar-refractivity contribution in [2.75, 3.05) is 26.2 Å². The van der Waals surface area contributed by atoms with Gasteiger partial charge in [-0.2, -0.15) is 0 Å². The van der Waals surface area contributed by atoms with Crippen LogP contribution in [0.5, 0.6) is 0 Å². The average Bonchev–Trinajstić information content (AvgIpc) is 2.48. The fourth-order valence-electron chi connectivity index (χ4n) is 2.24. The molecule has 0 bridgehead atoms. The third-order valence-corrected chi connectivity index (χ3v) is 3.41. The van der Waals surface area contributed by atoms with Crippen LogP contribution in [0.25, 0.3) is 0 Å². The van der Waals surface area contributed by atoms with Crippen molar-refractivity contribution in [3.63, 3.8) is 0 Å². The topological polar surface area (TPSA) is 50.4 Å². The first-order valence-electron chi connectivity index (χ1n) is 7.08. The molecular formula is C15H21FN2O2. The zero-order chi connectivity index (χ0) is 14.2. The first-order valence-corrected chi connectivity index (χ1v) is 7.08. The molecule has 1 saturated heterocycles. The predicted octanol–water partition coefficient (Wildman–Crippen LogP) is 1.25. The summed E-state index contributed by atoms with van der Waals surface area (Å²) in [5.41, 5.74) is 0.618. The SMILES string of the molecule is O=C(COC1CCNCC1)NCCc1ccccc1F. The summed E-state index contributed by atoms with van der Waals surface area (Å²) in [5.74, 6) is -0.368. The molecule has 110 valence electrons. The number of ether oxygens (including phenoxy) is 1. The largest absolute Gasteiger partial charge is 0.368 e. The molecule has 0 saturated carbocycles. The maximum atomic E-state index is 13.4. The van der Waals surface area contributed by atoms with Crippen molar-refractivity contribution in [1.29, 1.82) is 0 Å². The van der Waals surface area contributed by atoms with Gasteiger partial charge in [-0.05, 0) is 44.0 Å². The quantitative estimate of drug-likeness (QED) is 0.824. The fourth-order valence-corrected chi connectivity index (χ4v) is 2.24. The molecule has 0 aliphatic carbocycles. The summed E-state index contributed by atoms with van der Waals surface area (Å²) < 4.78 is 18.9. The van der Waals surface area contributed by atoms with E-state index in [0.717, 1.165) is 25.9 Å². The molecule has 4 nitrogen and oxygen atoms in total. The number of hydrogen-bond acceptors (Lipinski definition) is 3. The highest BCUT2D eigenvalue weighted by molar-refractivity contribution is 5.77. The number of amides is 1. The molecule has 1 aliphatic rings. The normalized spacial score (nSPS) is 16.1. The average molecular weight is 280 g/mol. The zero-order valence-electron chi connectivity index (χ0n) is 11.5. The summed E-state index contributed by atoms with van der Waals surface area (Å²) in [6, 6.07) is 6.61. The molecule has 20 heavy (non-hydrogen) atoms. The molecule has 1 heterocycles. The number of piperidine rings is 1. The number of benzene rings is 1. The number of hydrogen-bond donors (Lipinski definition) is 2. The second-order valence-electron chi connectivity index (χ2n) is 4.95. The summed E-state index contributed by atoms with van der Waals surface area (Å²) in [4.78, 5) is 11.6. The van der Waals surface area contributed by atoms with Crippen LogP contribution in [-0.2, 0) is 16.0 Å². The van der Waals surface area contributed by atoms with Gasteiger partial charge in [0.15, 0.2) is 0 Å². The number of halogens is 1. The van der Waals surface area contributed by atoms with Gasteiger partial charge in [-0.25, -0.2) is 4.39 Å². The van der Waals surface area contributed by atoms with Crippen LogP contribution in [0.4, 0.5) is 4.39 Å². The minimum absolute atomic E-state index is 0.0853. The lowest BCUT2D eigenvalue weighted by Crippen LogP contribution is -2.36. The number of rotatable bonds is 6. The van der Waals surface area contributed by atoms with Gasteiger partial charge in [0, 0.05) is 6.54 Å². The molecule has 0 unspecified atom stereocenters. The van der Waals surface area contributed by atoms with Crippen LogP contribution in [-0.4, -0.2) is 38.3 Å². The van der Waals surface area contributed by atoms with Crippen LogP contribution in [0.2, 0.25) is 0 Å². The number of carbonyl (C=O) groups excluding carboxylic acids is 1. The minimum Gasteiger partial charge on any atom is -0.368 e. The molecule has 1 aliphatic heterocycles. The van der Waals surface area contributed by atoms with Crippen LogP contribution in [0.15, 0.2) is 24.3 Å². The molecule has 1 aromatic rings. The molecule has 0 radical (unpaired) electrons. The van der Waals surface area contributed by atoms with E-state index < -0.39 is 0 Å². The van der Waals surface area contributed by atoms with E-state index in [0.29, 0.717) is 18.5 Å². The molecule has 1 fully saturated rings. The van der Waals surface area contributed by atoms with Gasteiger partial charge in [-0.15, -0.1) is 0 Å². The van der Waals surface area contributed by atoms with Crippen molar-refractivity contribution < 1.29 is 13.9 Å². The lowest BCUT2D eigenvalue weighted by Gasteiger charge is -2.22. The van der Waals surface area contributed by atoms with Gasteiger partial charge in [-0.1, -0.05) is 18.2 Å². The Morgan fingerprint density at radius 3 is 2.85 bits per heavy atom. The van der Waals surface area contributed by atoms with Crippen LogP contribution >= 0.6 is 0 Å². The third kappa shape index (κ3) is 4.90. The highest BCUT2D eigenvalue weighted by Gasteiger charge is 2.14. The smallest absolute Gasteiger partial charge is 0.246 e. The molecule has 1 aromatic carbocycles. The second-order valence-corrected chi connectivity index (χ2v) is 4.95. The van der Waals surface area contributed by atoms with Gasteiger partial charge in [0.25, 0.3) is 0 Å². The van der Waals surface area contributed by atoms with Crippen LogP contribution in [0, 0.1) is 5.82 Å². The van der Waals surface area contributed by atoms with E-state index in [9.17, 15) is 9.18 Å². The molecular weight excluding hydrogens is 259 g/mol. The first kappa shape index (κ1) is 14.9. The molecule has 2 N–H and O–H groups in total. The Kier molecular flexibility index (Phi) is 5.95. The Balaban J connectivity index is 1.61. The maximum absolute atomic E-state index is 13.4. The highest BCUT2D eigenvalue weighted by Crippen LogP contribution is 2.07. The van der Waals surface area contributed by atoms with Gasteiger partial charge < -0.3 is 15.4 Å². The fraction of sp³-hybridized carbons (Fsp3) is 0.533. The van der Waals surface area contributed by atoms with Gasteiger partial charge in [0.1, 0.15) is 12.4 Å². The standard InChI is InChI=1S/C15H21FN2O2/c16-14-4-2-1-3-12(14)5-10-18-15(19)11-20-13-6-8-17-9-7-13/h1-4,13,17H,5-11H2,(H,18,19). The van der Waals surface area contributed by atoms with E-state index in [4.69, 9.17) is 4.74 Å². The van der Waals surface area contributed by atoms with E-state index in [1.807, 2.05) is 0 Å². The summed E-state index contributed by atoms with van der Waals surface area (Å²) >= 11 is 0. The lowest BCUT2D eigenvalue weighted by atomic mass is 10.1. The van der Waals surface area contributed by atoms with Crippen molar-refractivity contribution in [3.8, 4) is 0 Å². The van der Waals surface area contributed by atoms with Crippen LogP contribution in [0.3, 0.4) is 0 Å². The summed E-state index contributed by atoms with van der Waals surface area (Å²) in [5, 5.41) is 6.00. The van der Waals surface area contributed by atoms with Gasteiger partial charge in [0.2, 0.25) is 5.91 Å². The van der Waals surface area contributed by atoms with E-state index in [-0.39, 0.29) is 24.4 Å². The van der Waals surface area contributed by atoms with Gasteiger partial charge >= 0.3 is 0 Å². The Bertz CT molecular complexity index is 434. The Labute approximate surface area is 118 Å². The van der Waals surface area contributed by atoms with Gasteiger partial charge in [-0.3, -0.25) is 4.79 Å². The number of carbonyl (C=O) groups is 1. The molecule has 2 rings (SSSR count). The molecule has 0 aromatic heterocycles. The monoisotopic (exact) mass is 280 g/mol. The number of nitrogens with one attached hydrogen (secondary N) is 2. The van der Waals surface area contributed by atoms with Crippen molar-refractivity contribution in [2.24, 2.45) is 0 Å². The Morgan fingerprint density at radius 2 is 2.10 bits per heavy atom. The van der Waals surface area contributed by atoms with E-state index >= 15 is 0 Å². The summed E-state index contributed by atoms with van der Waals surface area (Å²) in [7, 11) is 0. The van der Waals surface area contributed by atoms with Crippen molar-refractivity contribution in [1.82, 2.24) is 10.6 Å². The highest BCUT2D eigenvalue weighted by atomic mass is 19.1. The van der Waals surface area contributed by atoms with Crippen LogP contribution < -0.4 is 10.6 Å². The Hall–Kier alpha value is -1.46. The minimum atomic E-state index is -0.229. The molecule has 0 atom stereocenters. The van der Waals surface area contributed by atoms with Crippen molar-refractivity contribution in [3.05, 3.63) is 35.6 Å². The van der Waals surface area contributed by atoms with Gasteiger partial charge in [0.05, 0.1) is 6.10 Å². The van der Waals surface area contributed by atoms with Crippen molar-refractivity contribution >= 4 is 5.91 Å². The van der Waals surface area contributed by atoms with Crippen LogP contribution in [0.1, 0.15) is 18.4 Å². The predicted molar refractivity (Wildman–Crippen MR) is 75.0 cm³/mol. The molecule has 5 heteroatoms. The first-order chi connectivity index (χ1) is 9.75. The molecule has 0 spiro atoms. The molecule has 1 amide bonds.